The number of benzene rings is 1. The maximum atomic E-state index is 5.86. The summed E-state index contributed by atoms with van der Waals surface area (Å²) >= 11 is 7.75. The minimum Gasteiger partial charge on any atom is -0.492 e. The van der Waals surface area contributed by atoms with Gasteiger partial charge in [0.2, 0.25) is 0 Å². The van der Waals surface area contributed by atoms with Gasteiger partial charge in [0.1, 0.15) is 12.4 Å². The van der Waals surface area contributed by atoms with Gasteiger partial charge in [-0.1, -0.05) is 18.5 Å². The summed E-state index contributed by atoms with van der Waals surface area (Å²) in [6, 6.07) is 12.2. The molecule has 0 amide bonds. The van der Waals surface area contributed by atoms with E-state index in [4.69, 9.17) is 16.3 Å². The molecule has 4 heteroatoms. The van der Waals surface area contributed by atoms with Crippen LogP contribution in [0.15, 0.2) is 36.4 Å². The van der Waals surface area contributed by atoms with Crippen molar-refractivity contribution < 1.29 is 4.74 Å². The van der Waals surface area contributed by atoms with Gasteiger partial charge in [0.25, 0.3) is 0 Å². The van der Waals surface area contributed by atoms with E-state index in [1.807, 2.05) is 42.6 Å². The first-order chi connectivity index (χ1) is 9.71. The Balaban J connectivity index is 1.87. The predicted octanol–water partition coefficient (Wildman–Crippen LogP) is 4.17. The summed E-state index contributed by atoms with van der Waals surface area (Å²) in [7, 11) is 1.98. The first-order valence-corrected chi connectivity index (χ1v) is 8.04. The normalized spacial score (nSPS) is 12.3. The monoisotopic (exact) mass is 309 g/mol. The molecular weight excluding hydrogens is 290 g/mol. The van der Waals surface area contributed by atoms with Gasteiger partial charge < -0.3 is 10.1 Å². The third kappa shape index (κ3) is 4.51. The van der Waals surface area contributed by atoms with Crippen molar-refractivity contribution in [2.75, 3.05) is 13.7 Å². The second kappa shape index (κ2) is 7.67. The van der Waals surface area contributed by atoms with E-state index in [2.05, 4.69) is 24.4 Å². The van der Waals surface area contributed by atoms with Gasteiger partial charge in [0.05, 0.1) is 0 Å². The zero-order valence-corrected chi connectivity index (χ0v) is 13.4. The summed E-state index contributed by atoms with van der Waals surface area (Å²) in [5.41, 5.74) is 0. The average Bonchev–Trinajstić information content (AvgIpc) is 2.93. The summed E-state index contributed by atoms with van der Waals surface area (Å²) in [5.74, 6) is 0.857. The number of hydrogen-bond donors (Lipinski definition) is 1. The van der Waals surface area contributed by atoms with Crippen LogP contribution in [0.3, 0.4) is 0 Å². The van der Waals surface area contributed by atoms with Crippen molar-refractivity contribution in [3.8, 4) is 5.75 Å². The maximum absolute atomic E-state index is 5.86. The molecule has 1 unspecified atom stereocenters. The Kier molecular flexibility index (Phi) is 5.89. The fourth-order valence-electron chi connectivity index (χ4n) is 1.94. The number of ether oxygens (including phenoxy) is 1. The molecule has 0 saturated heterocycles. The van der Waals surface area contributed by atoms with Crippen LogP contribution in [0.1, 0.15) is 16.7 Å². The number of likely N-dealkylation sites (N-methyl/N-ethyl adjacent to an activating group) is 1. The first kappa shape index (κ1) is 15.4. The molecule has 1 atom stereocenters. The molecule has 1 aromatic heterocycles. The molecule has 0 radical (unpaired) electrons. The third-order valence-corrected chi connectivity index (χ3v) is 4.69. The van der Waals surface area contributed by atoms with Crippen molar-refractivity contribution >= 4 is 22.9 Å². The van der Waals surface area contributed by atoms with Crippen LogP contribution in [0.4, 0.5) is 0 Å². The Morgan fingerprint density at radius 3 is 2.45 bits per heavy atom. The highest BCUT2D eigenvalue weighted by Crippen LogP contribution is 2.19. The largest absolute Gasteiger partial charge is 0.492 e. The molecule has 0 saturated carbocycles. The Bertz CT molecular complexity index is 524. The van der Waals surface area contributed by atoms with Crippen molar-refractivity contribution in [1.82, 2.24) is 5.32 Å². The number of nitrogens with one attached hydrogen (secondary N) is 1. The zero-order chi connectivity index (χ0) is 14.4. The van der Waals surface area contributed by atoms with Crippen LogP contribution in [0, 0.1) is 0 Å². The number of hydrogen-bond acceptors (Lipinski definition) is 3. The van der Waals surface area contributed by atoms with E-state index in [-0.39, 0.29) is 0 Å². The van der Waals surface area contributed by atoms with E-state index in [1.54, 1.807) is 0 Å². The molecule has 1 heterocycles. The lowest BCUT2D eigenvalue weighted by Gasteiger charge is -2.16. The summed E-state index contributed by atoms with van der Waals surface area (Å²) in [6.45, 7) is 2.84. The lowest BCUT2D eigenvalue weighted by atomic mass is 10.2. The van der Waals surface area contributed by atoms with Crippen molar-refractivity contribution in [2.24, 2.45) is 0 Å². The Hall–Kier alpha value is -1.03. The van der Waals surface area contributed by atoms with Gasteiger partial charge in [-0.05, 0) is 49.9 Å². The van der Waals surface area contributed by atoms with Gasteiger partial charge in [-0.25, -0.2) is 0 Å². The minimum atomic E-state index is 0.314. The van der Waals surface area contributed by atoms with Gasteiger partial charge >= 0.3 is 0 Å². The van der Waals surface area contributed by atoms with Crippen LogP contribution < -0.4 is 10.1 Å². The van der Waals surface area contributed by atoms with Gasteiger partial charge in [-0.2, -0.15) is 0 Å². The van der Waals surface area contributed by atoms with Crippen LogP contribution in [-0.2, 0) is 12.8 Å². The quantitative estimate of drug-likeness (QED) is 0.828. The molecule has 0 fully saturated rings. The third-order valence-electron chi connectivity index (χ3n) is 3.19. The second-order valence-electron chi connectivity index (χ2n) is 4.68. The zero-order valence-electron chi connectivity index (χ0n) is 11.9. The smallest absolute Gasteiger partial charge is 0.119 e. The number of aryl methyl sites for hydroxylation is 1. The van der Waals surface area contributed by atoms with Gasteiger partial charge in [0.15, 0.2) is 0 Å². The molecule has 0 bridgehead atoms. The molecular formula is C16H20ClNOS. The van der Waals surface area contributed by atoms with Gasteiger partial charge in [-0.3, -0.25) is 0 Å². The molecule has 0 spiro atoms. The number of rotatable bonds is 7. The first-order valence-electron chi connectivity index (χ1n) is 6.84. The summed E-state index contributed by atoms with van der Waals surface area (Å²) in [6.07, 6.45) is 2.10. The van der Waals surface area contributed by atoms with Crippen LogP contribution in [-0.4, -0.2) is 19.7 Å². The minimum absolute atomic E-state index is 0.314. The SMILES string of the molecule is CCc1ccc(CC(COc2ccc(Cl)cc2)NC)s1. The fraction of sp³-hybridized carbons (Fsp3) is 0.375. The topological polar surface area (TPSA) is 21.3 Å². The Morgan fingerprint density at radius 1 is 1.15 bits per heavy atom. The van der Waals surface area contributed by atoms with Crippen LogP contribution in [0.5, 0.6) is 5.75 Å². The summed E-state index contributed by atoms with van der Waals surface area (Å²) in [5, 5.41) is 4.04. The summed E-state index contributed by atoms with van der Waals surface area (Å²) < 4.78 is 5.80. The van der Waals surface area contributed by atoms with Crippen molar-refractivity contribution in [3.63, 3.8) is 0 Å². The molecule has 108 valence electrons. The van der Waals surface area contributed by atoms with E-state index in [1.165, 1.54) is 9.75 Å². The van der Waals surface area contributed by atoms with Gasteiger partial charge in [0, 0.05) is 27.2 Å². The van der Waals surface area contributed by atoms with Crippen LogP contribution in [0.2, 0.25) is 5.02 Å². The standard InChI is InChI=1S/C16H20ClNOS/c1-3-15-8-9-16(20-15)10-13(18-2)11-19-14-6-4-12(17)5-7-14/h4-9,13,18H,3,10-11H2,1-2H3. The van der Waals surface area contributed by atoms with Crippen molar-refractivity contribution in [2.45, 2.75) is 25.8 Å². The second-order valence-corrected chi connectivity index (χ2v) is 6.37. The lowest BCUT2D eigenvalue weighted by Crippen LogP contribution is -2.33. The molecule has 1 N–H and O–H groups in total. The molecule has 0 aliphatic rings. The fourth-order valence-corrected chi connectivity index (χ4v) is 3.10. The van der Waals surface area contributed by atoms with E-state index in [0.717, 1.165) is 23.6 Å². The van der Waals surface area contributed by atoms with Gasteiger partial charge in [-0.15, -0.1) is 11.3 Å². The summed E-state index contributed by atoms with van der Waals surface area (Å²) in [4.78, 5) is 2.84. The molecule has 2 rings (SSSR count). The highest BCUT2D eigenvalue weighted by Gasteiger charge is 2.10. The number of halogens is 1. The number of thiophene rings is 1. The Morgan fingerprint density at radius 2 is 1.85 bits per heavy atom. The van der Waals surface area contributed by atoms with Crippen LogP contribution >= 0.6 is 22.9 Å². The highest BCUT2D eigenvalue weighted by molar-refractivity contribution is 7.11. The molecule has 20 heavy (non-hydrogen) atoms. The Labute approximate surface area is 129 Å². The van der Waals surface area contributed by atoms with E-state index >= 15 is 0 Å². The van der Waals surface area contributed by atoms with E-state index in [0.29, 0.717) is 12.6 Å². The van der Waals surface area contributed by atoms with Crippen molar-refractivity contribution in [1.29, 1.82) is 0 Å². The van der Waals surface area contributed by atoms with E-state index < -0.39 is 0 Å². The maximum Gasteiger partial charge on any atom is 0.119 e. The predicted molar refractivity (Wildman–Crippen MR) is 87.2 cm³/mol. The molecule has 0 aliphatic carbocycles. The van der Waals surface area contributed by atoms with E-state index in [9.17, 15) is 0 Å². The lowest BCUT2D eigenvalue weighted by molar-refractivity contribution is 0.270. The average molecular weight is 310 g/mol. The van der Waals surface area contributed by atoms with Crippen molar-refractivity contribution in [3.05, 3.63) is 51.2 Å². The molecule has 2 aromatic rings. The van der Waals surface area contributed by atoms with Crippen LogP contribution in [0.25, 0.3) is 0 Å². The molecule has 1 aromatic carbocycles. The highest BCUT2D eigenvalue weighted by atomic mass is 35.5. The molecule has 0 aliphatic heterocycles. The molecule has 2 nitrogen and oxygen atoms in total.